The summed E-state index contributed by atoms with van der Waals surface area (Å²) in [5.41, 5.74) is 2.29. The third kappa shape index (κ3) is 2.15. The Labute approximate surface area is 126 Å². The van der Waals surface area contributed by atoms with E-state index in [-0.39, 0.29) is 0 Å². The van der Waals surface area contributed by atoms with Crippen molar-refractivity contribution >= 4 is 41.1 Å². The zero-order chi connectivity index (χ0) is 13.4. The number of fused-ring (bicyclic) bond motifs is 2. The minimum absolute atomic E-state index is 0.873. The Kier molecular flexibility index (Phi) is 3.05. The molecule has 0 aliphatic carbocycles. The van der Waals surface area contributed by atoms with E-state index in [1.807, 2.05) is 35.8 Å². The molecule has 0 fully saturated rings. The lowest BCUT2D eigenvalue weighted by Crippen LogP contribution is -2.10. The number of nitrogens with one attached hydrogen (secondary N) is 1. The highest BCUT2D eigenvalue weighted by Crippen LogP contribution is 2.45. The van der Waals surface area contributed by atoms with E-state index in [0.29, 0.717) is 0 Å². The number of allylic oxidation sites excluding steroid dienone is 1. The highest BCUT2D eigenvalue weighted by Gasteiger charge is 2.18. The Hall–Kier alpha value is -1.65. The number of thioether (sulfide) groups is 2. The maximum Gasteiger partial charge on any atom is 0.0769 e. The minimum Gasteiger partial charge on any atom is -0.379 e. The maximum absolute atomic E-state index is 4.56. The lowest BCUT2D eigenvalue weighted by molar-refractivity contribution is 1.23. The molecular weight excluding hydrogens is 284 g/mol. The zero-order valence-corrected chi connectivity index (χ0v) is 12.3. The van der Waals surface area contributed by atoms with E-state index in [2.05, 4.69) is 52.8 Å². The number of hydrogen-bond donors (Lipinski definition) is 1. The monoisotopic (exact) mass is 296 g/mol. The van der Waals surface area contributed by atoms with Gasteiger partial charge < -0.3 is 5.32 Å². The quantitative estimate of drug-likeness (QED) is 0.746. The van der Waals surface area contributed by atoms with E-state index in [1.54, 1.807) is 0 Å². The van der Waals surface area contributed by atoms with Gasteiger partial charge in [0.05, 0.1) is 5.69 Å². The summed E-state index contributed by atoms with van der Waals surface area (Å²) in [6.07, 6.45) is 1.99. The first-order valence-electron chi connectivity index (χ1n) is 6.45. The van der Waals surface area contributed by atoms with Crippen LogP contribution in [0.25, 0.3) is 0 Å². The largest absolute Gasteiger partial charge is 0.379 e. The van der Waals surface area contributed by atoms with Crippen LogP contribution in [-0.4, -0.2) is 12.8 Å². The number of para-hydroxylation sites is 2. The Balaban J connectivity index is 1.69. The van der Waals surface area contributed by atoms with Crippen LogP contribution in [0.4, 0.5) is 11.4 Å². The summed E-state index contributed by atoms with van der Waals surface area (Å²) in [6.45, 7) is 0.873. The topological polar surface area (TPSA) is 24.4 Å². The molecule has 1 N–H and O–H groups in total. The van der Waals surface area contributed by atoms with Gasteiger partial charge in [0.25, 0.3) is 0 Å². The van der Waals surface area contributed by atoms with Crippen molar-refractivity contribution in [2.75, 3.05) is 11.9 Å². The van der Waals surface area contributed by atoms with Gasteiger partial charge in [0, 0.05) is 38.0 Å². The summed E-state index contributed by atoms with van der Waals surface area (Å²) in [6, 6.07) is 16.7. The Morgan fingerprint density at radius 1 is 0.900 bits per heavy atom. The van der Waals surface area contributed by atoms with E-state index in [9.17, 15) is 0 Å². The van der Waals surface area contributed by atoms with Crippen LogP contribution in [0.3, 0.4) is 0 Å². The molecule has 4 rings (SSSR count). The SMILES string of the molecule is C1=Nc2ccccc2S/C1=C1\CNc2ccccc2S1. The fraction of sp³-hybridized carbons (Fsp3) is 0.0625. The van der Waals surface area contributed by atoms with E-state index in [1.165, 1.54) is 25.3 Å². The number of benzene rings is 2. The van der Waals surface area contributed by atoms with Crippen LogP contribution in [0.5, 0.6) is 0 Å². The first-order valence-corrected chi connectivity index (χ1v) is 8.08. The van der Waals surface area contributed by atoms with Gasteiger partial charge in [-0.25, -0.2) is 0 Å². The summed E-state index contributed by atoms with van der Waals surface area (Å²) in [5.74, 6) is 0. The van der Waals surface area contributed by atoms with Crippen LogP contribution in [-0.2, 0) is 0 Å². The molecular formula is C16H12N2S2. The van der Waals surface area contributed by atoms with Crippen molar-refractivity contribution in [3.8, 4) is 0 Å². The van der Waals surface area contributed by atoms with Crippen molar-refractivity contribution < 1.29 is 0 Å². The molecule has 0 aromatic heterocycles. The molecule has 0 radical (unpaired) electrons. The molecule has 0 saturated heterocycles. The van der Waals surface area contributed by atoms with Crippen LogP contribution in [0, 0.1) is 0 Å². The Morgan fingerprint density at radius 2 is 1.70 bits per heavy atom. The van der Waals surface area contributed by atoms with Crippen LogP contribution < -0.4 is 5.32 Å². The molecule has 2 aromatic carbocycles. The molecule has 2 nitrogen and oxygen atoms in total. The summed E-state index contributed by atoms with van der Waals surface area (Å²) in [5, 5.41) is 3.48. The summed E-state index contributed by atoms with van der Waals surface area (Å²) >= 11 is 3.65. The fourth-order valence-corrected chi connectivity index (χ4v) is 4.35. The first-order chi connectivity index (χ1) is 9.90. The maximum atomic E-state index is 4.56. The summed E-state index contributed by atoms with van der Waals surface area (Å²) in [4.78, 5) is 9.67. The second-order valence-corrected chi connectivity index (χ2v) is 6.79. The van der Waals surface area contributed by atoms with E-state index < -0.39 is 0 Å². The number of rotatable bonds is 0. The molecule has 98 valence electrons. The van der Waals surface area contributed by atoms with Crippen LogP contribution in [0.1, 0.15) is 0 Å². The van der Waals surface area contributed by atoms with Crippen molar-refractivity contribution in [2.45, 2.75) is 9.79 Å². The van der Waals surface area contributed by atoms with Crippen molar-refractivity contribution in [3.63, 3.8) is 0 Å². The van der Waals surface area contributed by atoms with Crippen molar-refractivity contribution in [1.29, 1.82) is 0 Å². The molecule has 4 heteroatoms. The number of nitrogens with zero attached hydrogens (tertiary/aromatic N) is 1. The normalized spacial score (nSPS) is 20.0. The fourth-order valence-electron chi connectivity index (χ4n) is 2.24. The average Bonchev–Trinajstić information content (AvgIpc) is 2.54. The van der Waals surface area contributed by atoms with Crippen LogP contribution >= 0.6 is 23.5 Å². The molecule has 0 bridgehead atoms. The molecule has 0 spiro atoms. The van der Waals surface area contributed by atoms with Gasteiger partial charge in [0.2, 0.25) is 0 Å². The molecule has 2 aromatic rings. The second-order valence-electron chi connectivity index (χ2n) is 4.57. The van der Waals surface area contributed by atoms with Crippen molar-refractivity contribution in [1.82, 2.24) is 0 Å². The Morgan fingerprint density at radius 3 is 2.65 bits per heavy atom. The third-order valence-corrected chi connectivity index (χ3v) is 5.69. The predicted molar refractivity (Wildman–Crippen MR) is 88.3 cm³/mol. The highest BCUT2D eigenvalue weighted by atomic mass is 32.2. The number of hydrogen-bond acceptors (Lipinski definition) is 4. The van der Waals surface area contributed by atoms with Gasteiger partial charge in [-0.1, -0.05) is 47.8 Å². The predicted octanol–water partition coefficient (Wildman–Crippen LogP) is 4.92. The van der Waals surface area contributed by atoms with Crippen molar-refractivity contribution in [2.24, 2.45) is 4.99 Å². The van der Waals surface area contributed by atoms with Gasteiger partial charge in [-0.3, -0.25) is 4.99 Å². The average molecular weight is 296 g/mol. The minimum atomic E-state index is 0.873. The highest BCUT2D eigenvalue weighted by molar-refractivity contribution is 8.07. The summed E-state index contributed by atoms with van der Waals surface area (Å²) in [7, 11) is 0. The molecule has 0 unspecified atom stereocenters. The molecule has 20 heavy (non-hydrogen) atoms. The zero-order valence-electron chi connectivity index (χ0n) is 10.7. The van der Waals surface area contributed by atoms with Crippen LogP contribution in [0.2, 0.25) is 0 Å². The van der Waals surface area contributed by atoms with Crippen molar-refractivity contribution in [3.05, 3.63) is 58.3 Å². The number of anilines is 1. The van der Waals surface area contributed by atoms with Gasteiger partial charge in [-0.05, 0) is 24.3 Å². The van der Waals surface area contributed by atoms with Gasteiger partial charge in [-0.2, -0.15) is 0 Å². The standard InChI is InChI=1S/C16H12N2S2/c1-3-7-13-11(5-1)17-9-15(19-13)16-10-18-12-6-2-4-8-14(12)20-16/h1-9,18H,10H2/b16-15+. The molecule has 2 aliphatic rings. The van der Waals surface area contributed by atoms with Gasteiger partial charge in [0.15, 0.2) is 0 Å². The lowest BCUT2D eigenvalue weighted by Gasteiger charge is -2.22. The molecule has 0 atom stereocenters. The van der Waals surface area contributed by atoms with Gasteiger partial charge in [-0.15, -0.1) is 0 Å². The molecule has 2 aliphatic heterocycles. The number of aliphatic imine (C=N–C) groups is 1. The van der Waals surface area contributed by atoms with Gasteiger partial charge in [0.1, 0.15) is 0 Å². The summed E-state index contributed by atoms with van der Waals surface area (Å²) < 4.78 is 0. The van der Waals surface area contributed by atoms with Gasteiger partial charge >= 0.3 is 0 Å². The smallest absolute Gasteiger partial charge is 0.0769 e. The van der Waals surface area contributed by atoms with E-state index >= 15 is 0 Å². The van der Waals surface area contributed by atoms with E-state index in [4.69, 9.17) is 0 Å². The third-order valence-electron chi connectivity index (χ3n) is 3.24. The molecule has 0 amide bonds. The molecule has 2 heterocycles. The lowest BCUT2D eigenvalue weighted by atomic mass is 10.3. The van der Waals surface area contributed by atoms with E-state index in [0.717, 1.165) is 12.2 Å². The first kappa shape index (κ1) is 12.1. The second kappa shape index (κ2) is 5.04. The Bertz CT molecular complexity index is 735. The van der Waals surface area contributed by atoms with Crippen LogP contribution in [0.15, 0.2) is 73.1 Å². The molecule has 0 saturated carbocycles.